The summed E-state index contributed by atoms with van der Waals surface area (Å²) in [6, 6.07) is 20.4. The van der Waals surface area contributed by atoms with Crippen LogP contribution in [0.4, 0.5) is 0 Å². The monoisotopic (exact) mass is 447 g/mol. The number of thiocarbonyl (C=S) groups is 1. The normalized spacial score (nSPS) is 10.9. The Bertz CT molecular complexity index is 1250. The van der Waals surface area contributed by atoms with Crippen molar-refractivity contribution in [2.24, 2.45) is 0 Å². The van der Waals surface area contributed by atoms with Gasteiger partial charge in [-0.05, 0) is 65.7 Å². The predicted octanol–water partition coefficient (Wildman–Crippen LogP) is 5.28. The van der Waals surface area contributed by atoms with Crippen LogP contribution in [0.5, 0.6) is 0 Å². The summed E-state index contributed by atoms with van der Waals surface area (Å²) in [5, 5.41) is 7.09. The maximum atomic E-state index is 12.9. The number of thiophene rings is 1. The molecule has 4 aromatic rings. The average Bonchev–Trinajstić information content (AvgIpc) is 3.29. The SMILES string of the molecule is Cc1ccc2cc(CN(Cc3cccs3)C(=S)NCc3ccccc3)c(=O)[nH]c2c1C. The van der Waals surface area contributed by atoms with Crippen molar-refractivity contribution in [3.8, 4) is 0 Å². The number of nitrogens with zero attached hydrogens (tertiary/aromatic N) is 1. The van der Waals surface area contributed by atoms with E-state index in [4.69, 9.17) is 12.2 Å². The summed E-state index contributed by atoms with van der Waals surface area (Å²) in [6.45, 7) is 5.84. The molecule has 0 spiro atoms. The molecule has 0 saturated heterocycles. The van der Waals surface area contributed by atoms with Gasteiger partial charge in [0.15, 0.2) is 5.11 Å². The topological polar surface area (TPSA) is 48.1 Å². The van der Waals surface area contributed by atoms with Crippen LogP contribution in [0.15, 0.2) is 70.8 Å². The molecule has 0 unspecified atom stereocenters. The number of aromatic amines is 1. The Kier molecular flexibility index (Phi) is 6.49. The number of pyridine rings is 1. The number of nitrogens with one attached hydrogen (secondary N) is 2. The van der Waals surface area contributed by atoms with Crippen molar-refractivity contribution < 1.29 is 0 Å². The third-order valence-electron chi connectivity index (χ3n) is 5.49. The van der Waals surface area contributed by atoms with Gasteiger partial charge in [-0.3, -0.25) is 4.79 Å². The number of aromatic nitrogens is 1. The van der Waals surface area contributed by atoms with Crippen molar-refractivity contribution in [2.75, 3.05) is 0 Å². The highest BCUT2D eigenvalue weighted by Crippen LogP contribution is 2.20. The van der Waals surface area contributed by atoms with Crippen molar-refractivity contribution in [3.63, 3.8) is 0 Å². The van der Waals surface area contributed by atoms with Crippen LogP contribution in [-0.2, 0) is 19.6 Å². The Hall–Kier alpha value is -2.96. The van der Waals surface area contributed by atoms with Gasteiger partial charge in [-0.15, -0.1) is 11.3 Å². The van der Waals surface area contributed by atoms with Gasteiger partial charge in [0.05, 0.1) is 18.6 Å². The van der Waals surface area contributed by atoms with Crippen LogP contribution < -0.4 is 10.9 Å². The molecule has 2 N–H and O–H groups in total. The summed E-state index contributed by atoms with van der Waals surface area (Å²) in [6.07, 6.45) is 0. The van der Waals surface area contributed by atoms with Crippen LogP contribution in [-0.4, -0.2) is 15.0 Å². The van der Waals surface area contributed by atoms with Crippen molar-refractivity contribution in [1.82, 2.24) is 15.2 Å². The minimum Gasteiger partial charge on any atom is -0.358 e. The molecule has 0 aliphatic heterocycles. The number of hydrogen-bond donors (Lipinski definition) is 2. The molecular formula is C25H25N3OS2. The van der Waals surface area contributed by atoms with Gasteiger partial charge in [0.2, 0.25) is 0 Å². The quantitative estimate of drug-likeness (QED) is 0.395. The molecule has 0 aliphatic rings. The van der Waals surface area contributed by atoms with Gasteiger partial charge in [-0.1, -0.05) is 48.5 Å². The van der Waals surface area contributed by atoms with E-state index in [0.29, 0.717) is 30.3 Å². The average molecular weight is 448 g/mol. The van der Waals surface area contributed by atoms with Crippen LogP contribution in [0.3, 0.4) is 0 Å². The highest BCUT2D eigenvalue weighted by Gasteiger charge is 2.15. The lowest BCUT2D eigenvalue weighted by atomic mass is 10.0. The molecular weight excluding hydrogens is 422 g/mol. The summed E-state index contributed by atoms with van der Waals surface area (Å²) in [7, 11) is 0. The van der Waals surface area contributed by atoms with Crippen LogP contribution in [0.2, 0.25) is 0 Å². The number of H-pyrrole nitrogens is 1. The van der Waals surface area contributed by atoms with E-state index in [2.05, 4.69) is 57.8 Å². The highest BCUT2D eigenvalue weighted by atomic mass is 32.1. The van der Waals surface area contributed by atoms with E-state index >= 15 is 0 Å². The first-order valence-electron chi connectivity index (χ1n) is 10.2. The second-order valence-electron chi connectivity index (χ2n) is 7.68. The first-order chi connectivity index (χ1) is 15.0. The summed E-state index contributed by atoms with van der Waals surface area (Å²) in [5.41, 5.74) is 4.98. The Morgan fingerprint density at radius 1 is 1.06 bits per heavy atom. The van der Waals surface area contributed by atoms with E-state index in [9.17, 15) is 4.79 Å². The van der Waals surface area contributed by atoms with Crippen LogP contribution in [0, 0.1) is 13.8 Å². The van der Waals surface area contributed by atoms with Gasteiger partial charge in [-0.2, -0.15) is 0 Å². The molecule has 6 heteroatoms. The van der Waals surface area contributed by atoms with Crippen LogP contribution in [0.1, 0.15) is 27.1 Å². The maximum absolute atomic E-state index is 12.9. The van der Waals surface area contributed by atoms with Gasteiger partial charge in [-0.25, -0.2) is 0 Å². The van der Waals surface area contributed by atoms with Crippen LogP contribution in [0.25, 0.3) is 10.9 Å². The van der Waals surface area contributed by atoms with E-state index < -0.39 is 0 Å². The fourth-order valence-corrected chi connectivity index (χ4v) is 4.49. The number of hydrogen-bond acceptors (Lipinski definition) is 3. The third-order valence-corrected chi connectivity index (χ3v) is 6.75. The molecule has 4 rings (SSSR count). The zero-order chi connectivity index (χ0) is 21.8. The molecule has 0 saturated carbocycles. The van der Waals surface area contributed by atoms with E-state index in [1.54, 1.807) is 11.3 Å². The molecule has 0 bridgehead atoms. The van der Waals surface area contributed by atoms with Crippen LogP contribution >= 0.6 is 23.6 Å². The van der Waals surface area contributed by atoms with Gasteiger partial charge < -0.3 is 15.2 Å². The fraction of sp³-hybridized carbons (Fsp3) is 0.200. The van der Waals surface area contributed by atoms with E-state index in [-0.39, 0.29) is 5.56 Å². The second-order valence-corrected chi connectivity index (χ2v) is 9.09. The Balaban J connectivity index is 1.59. The molecule has 0 aliphatic carbocycles. The third kappa shape index (κ3) is 5.03. The molecule has 2 aromatic carbocycles. The summed E-state index contributed by atoms with van der Waals surface area (Å²) in [4.78, 5) is 19.2. The minimum atomic E-state index is -0.0664. The lowest BCUT2D eigenvalue weighted by molar-refractivity contribution is 0.400. The van der Waals surface area contributed by atoms with E-state index in [1.807, 2.05) is 37.3 Å². The molecule has 2 aromatic heterocycles. The smallest absolute Gasteiger partial charge is 0.253 e. The summed E-state index contributed by atoms with van der Waals surface area (Å²) < 4.78 is 0. The Morgan fingerprint density at radius 2 is 1.87 bits per heavy atom. The predicted molar refractivity (Wildman–Crippen MR) is 133 cm³/mol. The molecule has 0 fully saturated rings. The Morgan fingerprint density at radius 3 is 2.61 bits per heavy atom. The van der Waals surface area contributed by atoms with Gasteiger partial charge in [0, 0.05) is 17.0 Å². The zero-order valence-corrected chi connectivity index (χ0v) is 19.3. The molecule has 31 heavy (non-hydrogen) atoms. The van der Waals surface area contributed by atoms with Gasteiger partial charge in [0.25, 0.3) is 5.56 Å². The highest BCUT2D eigenvalue weighted by molar-refractivity contribution is 7.80. The number of benzene rings is 2. The Labute approximate surface area is 191 Å². The van der Waals surface area contributed by atoms with E-state index in [0.717, 1.165) is 22.0 Å². The van der Waals surface area contributed by atoms with E-state index in [1.165, 1.54) is 10.4 Å². The number of rotatable bonds is 6. The number of aryl methyl sites for hydroxylation is 2. The fourth-order valence-electron chi connectivity index (χ4n) is 3.57. The molecule has 0 amide bonds. The van der Waals surface area contributed by atoms with Crippen molar-refractivity contribution >= 4 is 39.6 Å². The van der Waals surface area contributed by atoms with Crippen molar-refractivity contribution in [3.05, 3.63) is 104 Å². The minimum absolute atomic E-state index is 0.0664. The molecule has 158 valence electrons. The standard InChI is InChI=1S/C25H25N3OS2/c1-17-10-11-20-13-21(24(29)27-23(20)18(17)2)15-28(16-22-9-6-12-31-22)25(30)26-14-19-7-4-3-5-8-19/h3-13H,14-16H2,1-2H3,(H,26,30)(H,27,29). The largest absolute Gasteiger partial charge is 0.358 e. The van der Waals surface area contributed by atoms with Crippen molar-refractivity contribution in [2.45, 2.75) is 33.5 Å². The maximum Gasteiger partial charge on any atom is 0.253 e. The molecule has 2 heterocycles. The first kappa shape index (κ1) is 21.3. The van der Waals surface area contributed by atoms with Crippen molar-refractivity contribution in [1.29, 1.82) is 0 Å². The molecule has 0 atom stereocenters. The lowest BCUT2D eigenvalue weighted by Gasteiger charge is -2.25. The second kappa shape index (κ2) is 9.45. The van der Waals surface area contributed by atoms with Gasteiger partial charge >= 0.3 is 0 Å². The van der Waals surface area contributed by atoms with Gasteiger partial charge in [0.1, 0.15) is 0 Å². The first-order valence-corrected chi connectivity index (χ1v) is 11.5. The summed E-state index contributed by atoms with van der Waals surface area (Å²) >= 11 is 7.42. The number of fused-ring (bicyclic) bond motifs is 1. The summed E-state index contributed by atoms with van der Waals surface area (Å²) in [5.74, 6) is 0. The lowest BCUT2D eigenvalue weighted by Crippen LogP contribution is -2.39. The zero-order valence-electron chi connectivity index (χ0n) is 17.6. The molecule has 4 nitrogen and oxygen atoms in total. The molecule has 0 radical (unpaired) electrons.